The van der Waals surface area contributed by atoms with Crippen molar-refractivity contribution in [3.05, 3.63) is 58.1 Å². The van der Waals surface area contributed by atoms with Gasteiger partial charge in [-0.2, -0.15) is 0 Å². The summed E-state index contributed by atoms with van der Waals surface area (Å²) in [5, 5.41) is 16.2. The Morgan fingerprint density at radius 2 is 1.97 bits per heavy atom. The average Bonchev–Trinajstić information content (AvgIpc) is 3.15. The van der Waals surface area contributed by atoms with Gasteiger partial charge in [0.2, 0.25) is 5.16 Å². The van der Waals surface area contributed by atoms with Crippen LogP contribution in [0.15, 0.2) is 41.6 Å². The first-order valence-corrected chi connectivity index (χ1v) is 11.0. The van der Waals surface area contributed by atoms with Crippen molar-refractivity contribution in [2.75, 3.05) is 19.4 Å². The first-order valence-electron chi connectivity index (χ1n) is 9.67. The quantitative estimate of drug-likeness (QED) is 0.351. The minimum Gasteiger partial charge on any atom is -0.493 e. The van der Waals surface area contributed by atoms with Crippen LogP contribution >= 0.6 is 23.4 Å². The van der Waals surface area contributed by atoms with E-state index in [1.54, 1.807) is 23.6 Å². The van der Waals surface area contributed by atoms with Gasteiger partial charge in [-0.25, -0.2) is 4.68 Å². The van der Waals surface area contributed by atoms with Gasteiger partial charge >= 0.3 is 0 Å². The number of halogens is 1. The fraction of sp³-hybridized carbons (Fsp3) is 0.381. The van der Waals surface area contributed by atoms with Crippen LogP contribution in [0.25, 0.3) is 0 Å². The third kappa shape index (κ3) is 6.35. The Kier molecular flexibility index (Phi) is 8.36. The van der Waals surface area contributed by atoms with E-state index in [0.717, 1.165) is 35.0 Å². The van der Waals surface area contributed by atoms with Crippen LogP contribution in [0.2, 0.25) is 5.02 Å². The van der Waals surface area contributed by atoms with Crippen molar-refractivity contribution >= 4 is 23.4 Å². The Morgan fingerprint density at radius 1 is 1.17 bits per heavy atom. The van der Waals surface area contributed by atoms with Gasteiger partial charge in [0, 0.05) is 19.3 Å². The number of aromatic nitrogens is 4. The number of thioether (sulfide) groups is 1. The number of methoxy groups -OCH3 is 1. The van der Waals surface area contributed by atoms with Crippen LogP contribution in [0.4, 0.5) is 0 Å². The van der Waals surface area contributed by atoms with Gasteiger partial charge in [-0.05, 0) is 53.6 Å². The zero-order valence-corrected chi connectivity index (χ0v) is 19.0. The van der Waals surface area contributed by atoms with Crippen molar-refractivity contribution < 1.29 is 9.47 Å². The lowest BCUT2D eigenvalue weighted by Gasteiger charge is -2.15. The molecule has 7 nitrogen and oxygen atoms in total. The maximum Gasteiger partial charge on any atom is 0.209 e. The number of tetrazole rings is 1. The van der Waals surface area contributed by atoms with Crippen LogP contribution in [0.3, 0.4) is 0 Å². The highest BCUT2D eigenvalue weighted by Gasteiger charge is 2.12. The highest BCUT2D eigenvalue weighted by Crippen LogP contribution is 2.37. The third-order valence-electron chi connectivity index (χ3n) is 4.43. The standard InChI is InChI=1S/C21H26ClN5O2S/c1-15-5-7-16(8-6-15)14-29-20-18(22)11-17(12-19(20)28-3)13-23-9-4-10-30-21-24-25-26-27(21)2/h5-8,11-12,23H,4,9-10,13-14H2,1-3H3. The zero-order valence-electron chi connectivity index (χ0n) is 17.4. The molecule has 0 aliphatic heterocycles. The molecule has 0 saturated carbocycles. The smallest absolute Gasteiger partial charge is 0.209 e. The molecular formula is C21H26ClN5O2S. The lowest BCUT2D eigenvalue weighted by molar-refractivity contribution is 0.284. The summed E-state index contributed by atoms with van der Waals surface area (Å²) in [6.07, 6.45) is 1.00. The number of aryl methyl sites for hydroxylation is 2. The van der Waals surface area contributed by atoms with E-state index >= 15 is 0 Å². The second-order valence-electron chi connectivity index (χ2n) is 6.85. The molecule has 0 amide bonds. The van der Waals surface area contributed by atoms with Gasteiger partial charge < -0.3 is 14.8 Å². The molecule has 0 saturated heterocycles. The Balaban J connectivity index is 1.48. The molecule has 3 rings (SSSR count). The molecule has 0 aliphatic carbocycles. The Morgan fingerprint density at radius 3 is 2.67 bits per heavy atom. The van der Waals surface area contributed by atoms with Gasteiger partial charge in [-0.3, -0.25) is 0 Å². The minimum atomic E-state index is 0.437. The molecule has 0 atom stereocenters. The molecule has 0 radical (unpaired) electrons. The Labute approximate surface area is 186 Å². The summed E-state index contributed by atoms with van der Waals surface area (Å²) >= 11 is 8.13. The second-order valence-corrected chi connectivity index (χ2v) is 8.32. The van der Waals surface area contributed by atoms with Crippen molar-refractivity contribution in [1.82, 2.24) is 25.5 Å². The van der Waals surface area contributed by atoms with Crippen LogP contribution in [0.5, 0.6) is 11.5 Å². The first-order chi connectivity index (χ1) is 14.6. The molecule has 3 aromatic rings. The van der Waals surface area contributed by atoms with Crippen LogP contribution in [0, 0.1) is 6.92 Å². The van der Waals surface area contributed by atoms with E-state index in [9.17, 15) is 0 Å². The average molecular weight is 448 g/mol. The number of rotatable bonds is 11. The number of nitrogens with one attached hydrogen (secondary N) is 1. The van der Waals surface area contributed by atoms with Crippen LogP contribution in [0.1, 0.15) is 23.1 Å². The summed E-state index contributed by atoms with van der Waals surface area (Å²) in [7, 11) is 3.46. The predicted octanol–water partition coefficient (Wildman–Crippen LogP) is 4.03. The SMILES string of the molecule is COc1cc(CNCCCSc2nnnn2C)cc(Cl)c1OCc1ccc(C)cc1. The molecule has 0 fully saturated rings. The normalized spacial score (nSPS) is 10.9. The molecule has 0 spiro atoms. The predicted molar refractivity (Wildman–Crippen MR) is 119 cm³/mol. The van der Waals surface area contributed by atoms with Crippen molar-refractivity contribution in [3.63, 3.8) is 0 Å². The Hall–Kier alpha value is -2.29. The summed E-state index contributed by atoms with van der Waals surface area (Å²) in [5.41, 5.74) is 3.35. The lowest BCUT2D eigenvalue weighted by Crippen LogP contribution is -2.15. The summed E-state index contributed by atoms with van der Waals surface area (Å²) in [5.74, 6) is 2.14. The Bertz CT molecular complexity index is 949. The van der Waals surface area contributed by atoms with E-state index in [-0.39, 0.29) is 0 Å². The van der Waals surface area contributed by atoms with Gasteiger partial charge in [0.1, 0.15) is 6.61 Å². The number of nitrogens with zero attached hydrogens (tertiary/aromatic N) is 4. The zero-order chi connectivity index (χ0) is 21.3. The molecule has 1 aromatic heterocycles. The van der Waals surface area contributed by atoms with Gasteiger partial charge in [0.05, 0.1) is 12.1 Å². The van der Waals surface area contributed by atoms with Crippen molar-refractivity contribution in [2.45, 2.75) is 31.7 Å². The molecule has 0 aliphatic rings. The highest BCUT2D eigenvalue weighted by atomic mass is 35.5. The molecule has 0 unspecified atom stereocenters. The summed E-state index contributed by atoms with van der Waals surface area (Å²) in [6.45, 7) is 4.08. The summed E-state index contributed by atoms with van der Waals surface area (Å²) in [6, 6.07) is 12.1. The van der Waals surface area contributed by atoms with Crippen LogP contribution in [-0.4, -0.2) is 39.6 Å². The van der Waals surface area contributed by atoms with Gasteiger partial charge in [0.15, 0.2) is 11.5 Å². The maximum atomic E-state index is 6.48. The van der Waals surface area contributed by atoms with E-state index in [2.05, 4.69) is 39.9 Å². The second kappa shape index (κ2) is 11.2. The molecule has 160 valence electrons. The monoisotopic (exact) mass is 447 g/mol. The molecule has 1 heterocycles. The molecular weight excluding hydrogens is 422 g/mol. The van der Waals surface area contributed by atoms with E-state index in [1.807, 2.05) is 31.3 Å². The number of ether oxygens (including phenoxy) is 2. The van der Waals surface area contributed by atoms with Crippen molar-refractivity contribution in [2.24, 2.45) is 7.05 Å². The molecule has 2 aromatic carbocycles. The highest BCUT2D eigenvalue weighted by molar-refractivity contribution is 7.99. The van der Waals surface area contributed by atoms with E-state index in [4.69, 9.17) is 21.1 Å². The number of benzene rings is 2. The summed E-state index contributed by atoms with van der Waals surface area (Å²) in [4.78, 5) is 0. The number of hydrogen-bond acceptors (Lipinski definition) is 7. The summed E-state index contributed by atoms with van der Waals surface area (Å²) < 4.78 is 13.1. The molecule has 30 heavy (non-hydrogen) atoms. The van der Waals surface area contributed by atoms with E-state index in [1.165, 1.54) is 5.56 Å². The lowest BCUT2D eigenvalue weighted by atomic mass is 10.1. The topological polar surface area (TPSA) is 74.1 Å². The molecule has 9 heteroatoms. The molecule has 0 bridgehead atoms. The van der Waals surface area contributed by atoms with Crippen molar-refractivity contribution in [3.8, 4) is 11.5 Å². The van der Waals surface area contributed by atoms with Crippen LogP contribution < -0.4 is 14.8 Å². The van der Waals surface area contributed by atoms with Gasteiger partial charge in [-0.1, -0.05) is 53.2 Å². The van der Waals surface area contributed by atoms with Gasteiger partial charge in [0.25, 0.3) is 0 Å². The third-order valence-corrected chi connectivity index (χ3v) is 5.81. The fourth-order valence-corrected chi connectivity index (χ4v) is 3.87. The van der Waals surface area contributed by atoms with Crippen molar-refractivity contribution in [1.29, 1.82) is 0 Å². The first kappa shape index (κ1) is 22.4. The largest absolute Gasteiger partial charge is 0.493 e. The number of hydrogen-bond donors (Lipinski definition) is 1. The van der Waals surface area contributed by atoms with E-state index < -0.39 is 0 Å². The fourth-order valence-electron chi connectivity index (χ4n) is 2.79. The molecule has 1 N–H and O–H groups in total. The maximum absolute atomic E-state index is 6.48. The minimum absolute atomic E-state index is 0.437. The van der Waals surface area contributed by atoms with E-state index in [0.29, 0.717) is 29.7 Å². The van der Waals surface area contributed by atoms with Crippen LogP contribution in [-0.2, 0) is 20.2 Å². The van der Waals surface area contributed by atoms with Gasteiger partial charge in [-0.15, -0.1) is 5.10 Å².